The lowest BCUT2D eigenvalue weighted by atomic mass is 9.80. The molecule has 116 valence electrons. The summed E-state index contributed by atoms with van der Waals surface area (Å²) < 4.78 is 5.80. The Kier molecular flexibility index (Phi) is 6.09. The van der Waals surface area contributed by atoms with E-state index < -0.39 is 5.97 Å². The Labute approximate surface area is 127 Å². The molecule has 2 rings (SSSR count). The van der Waals surface area contributed by atoms with Crippen LogP contribution in [0.1, 0.15) is 62.2 Å². The molecule has 0 unspecified atom stereocenters. The second-order valence-corrected chi connectivity index (χ2v) is 6.17. The first-order valence-corrected chi connectivity index (χ1v) is 8.15. The van der Waals surface area contributed by atoms with Crippen molar-refractivity contribution in [1.29, 1.82) is 0 Å². The van der Waals surface area contributed by atoms with Gasteiger partial charge in [-0.2, -0.15) is 0 Å². The van der Waals surface area contributed by atoms with Crippen molar-refractivity contribution < 1.29 is 14.6 Å². The molecule has 3 heteroatoms. The highest BCUT2D eigenvalue weighted by Crippen LogP contribution is 2.32. The number of aromatic carboxylic acids is 1. The van der Waals surface area contributed by atoms with Crippen LogP contribution < -0.4 is 4.74 Å². The van der Waals surface area contributed by atoms with E-state index in [1.807, 2.05) is 0 Å². The third kappa shape index (κ3) is 5.07. The first-order chi connectivity index (χ1) is 10.2. The maximum atomic E-state index is 10.8. The Hall–Kier alpha value is -1.51. The monoisotopic (exact) mass is 290 g/mol. The molecule has 1 aromatic rings. The van der Waals surface area contributed by atoms with Gasteiger partial charge < -0.3 is 9.84 Å². The molecule has 0 aliphatic heterocycles. The molecule has 0 radical (unpaired) electrons. The van der Waals surface area contributed by atoms with Gasteiger partial charge in [0.15, 0.2) is 0 Å². The van der Waals surface area contributed by atoms with E-state index in [1.54, 1.807) is 24.3 Å². The maximum Gasteiger partial charge on any atom is 0.335 e. The van der Waals surface area contributed by atoms with E-state index in [0.29, 0.717) is 11.5 Å². The molecule has 1 aliphatic carbocycles. The number of benzene rings is 1. The van der Waals surface area contributed by atoms with Crippen LogP contribution in [0.3, 0.4) is 0 Å². The fourth-order valence-corrected chi connectivity index (χ4v) is 3.09. The molecule has 0 amide bonds. The van der Waals surface area contributed by atoms with Crippen molar-refractivity contribution in [1.82, 2.24) is 0 Å². The van der Waals surface area contributed by atoms with Gasteiger partial charge in [0, 0.05) is 0 Å². The van der Waals surface area contributed by atoms with E-state index in [-0.39, 0.29) is 0 Å². The molecular formula is C18H26O3. The molecule has 3 nitrogen and oxygen atoms in total. The number of ether oxygens (including phenoxy) is 1. The number of hydrogen-bond donors (Lipinski definition) is 1. The minimum absolute atomic E-state index is 0.304. The Morgan fingerprint density at radius 2 is 1.76 bits per heavy atom. The second kappa shape index (κ2) is 8.06. The van der Waals surface area contributed by atoms with Crippen LogP contribution in [0.15, 0.2) is 24.3 Å². The van der Waals surface area contributed by atoms with Crippen molar-refractivity contribution in [3.05, 3.63) is 29.8 Å². The molecule has 0 heterocycles. The van der Waals surface area contributed by atoms with Crippen molar-refractivity contribution in [2.75, 3.05) is 6.61 Å². The summed E-state index contributed by atoms with van der Waals surface area (Å²) in [4.78, 5) is 10.8. The van der Waals surface area contributed by atoms with Gasteiger partial charge in [-0.15, -0.1) is 0 Å². The average Bonchev–Trinajstić information content (AvgIpc) is 2.52. The summed E-state index contributed by atoms with van der Waals surface area (Å²) in [7, 11) is 0. The summed E-state index contributed by atoms with van der Waals surface area (Å²) in [5, 5.41) is 8.86. The van der Waals surface area contributed by atoms with Crippen LogP contribution in [0.2, 0.25) is 0 Å². The maximum absolute atomic E-state index is 10.8. The third-order valence-electron chi connectivity index (χ3n) is 4.52. The standard InChI is InChI=1S/C18H26O3/c1-2-3-4-14-5-7-15(8-6-14)13-21-17-11-9-16(10-12-17)18(19)20/h9-12,14-15H,2-8,13H2,1H3,(H,19,20). The van der Waals surface area contributed by atoms with Crippen molar-refractivity contribution in [2.45, 2.75) is 51.9 Å². The fraction of sp³-hybridized carbons (Fsp3) is 0.611. The van der Waals surface area contributed by atoms with Gasteiger partial charge in [-0.05, 0) is 48.9 Å². The van der Waals surface area contributed by atoms with Gasteiger partial charge in [0.05, 0.1) is 12.2 Å². The molecule has 0 atom stereocenters. The predicted octanol–water partition coefficient (Wildman–Crippen LogP) is 4.76. The molecule has 1 fully saturated rings. The molecule has 0 bridgehead atoms. The van der Waals surface area contributed by atoms with E-state index in [0.717, 1.165) is 18.3 Å². The number of unbranched alkanes of at least 4 members (excludes halogenated alkanes) is 1. The highest BCUT2D eigenvalue weighted by atomic mass is 16.5. The lowest BCUT2D eigenvalue weighted by Crippen LogP contribution is -2.20. The van der Waals surface area contributed by atoms with Gasteiger partial charge in [0.25, 0.3) is 0 Å². The van der Waals surface area contributed by atoms with Crippen LogP contribution in [0, 0.1) is 11.8 Å². The quantitative estimate of drug-likeness (QED) is 0.787. The van der Waals surface area contributed by atoms with E-state index in [4.69, 9.17) is 9.84 Å². The molecular weight excluding hydrogens is 264 g/mol. The number of hydrogen-bond acceptors (Lipinski definition) is 2. The molecule has 0 aromatic heterocycles. The Balaban J connectivity index is 1.70. The minimum atomic E-state index is -0.896. The van der Waals surface area contributed by atoms with Gasteiger partial charge in [0.2, 0.25) is 0 Å². The SMILES string of the molecule is CCCCC1CCC(COc2ccc(C(=O)O)cc2)CC1. The zero-order valence-electron chi connectivity index (χ0n) is 12.9. The number of carboxylic acids is 1. The van der Waals surface area contributed by atoms with E-state index in [9.17, 15) is 4.79 Å². The number of rotatable bonds is 7. The van der Waals surface area contributed by atoms with Crippen molar-refractivity contribution in [3.63, 3.8) is 0 Å². The second-order valence-electron chi connectivity index (χ2n) is 6.17. The van der Waals surface area contributed by atoms with Gasteiger partial charge in [-0.25, -0.2) is 4.79 Å². The largest absolute Gasteiger partial charge is 0.493 e. The molecule has 1 aromatic carbocycles. The summed E-state index contributed by atoms with van der Waals surface area (Å²) >= 11 is 0. The van der Waals surface area contributed by atoms with E-state index in [1.165, 1.54) is 44.9 Å². The van der Waals surface area contributed by atoms with Crippen molar-refractivity contribution >= 4 is 5.97 Å². The molecule has 0 saturated heterocycles. The first kappa shape index (κ1) is 15.9. The number of carboxylic acid groups (broad SMARTS) is 1. The average molecular weight is 290 g/mol. The highest BCUT2D eigenvalue weighted by Gasteiger charge is 2.21. The molecule has 21 heavy (non-hydrogen) atoms. The Morgan fingerprint density at radius 1 is 1.14 bits per heavy atom. The lowest BCUT2D eigenvalue weighted by molar-refractivity contribution is 0.0697. The lowest BCUT2D eigenvalue weighted by Gasteiger charge is -2.28. The summed E-state index contributed by atoms with van der Waals surface area (Å²) in [6.45, 7) is 3.02. The van der Waals surface area contributed by atoms with Crippen LogP contribution in [0.5, 0.6) is 5.75 Å². The van der Waals surface area contributed by atoms with Crippen molar-refractivity contribution in [2.24, 2.45) is 11.8 Å². The first-order valence-electron chi connectivity index (χ1n) is 8.15. The van der Waals surface area contributed by atoms with Crippen LogP contribution in [0.25, 0.3) is 0 Å². The third-order valence-corrected chi connectivity index (χ3v) is 4.52. The van der Waals surface area contributed by atoms with Gasteiger partial charge in [0.1, 0.15) is 5.75 Å². The van der Waals surface area contributed by atoms with Crippen LogP contribution in [-0.4, -0.2) is 17.7 Å². The number of carbonyl (C=O) groups is 1. The Morgan fingerprint density at radius 3 is 2.33 bits per heavy atom. The molecule has 1 N–H and O–H groups in total. The van der Waals surface area contributed by atoms with Crippen LogP contribution in [0.4, 0.5) is 0 Å². The molecule has 1 aliphatic rings. The van der Waals surface area contributed by atoms with Gasteiger partial charge >= 0.3 is 5.97 Å². The molecule has 0 spiro atoms. The predicted molar refractivity (Wildman–Crippen MR) is 83.9 cm³/mol. The summed E-state index contributed by atoms with van der Waals surface area (Å²) in [5.74, 6) is 1.46. The summed E-state index contributed by atoms with van der Waals surface area (Å²) in [6, 6.07) is 6.69. The highest BCUT2D eigenvalue weighted by molar-refractivity contribution is 5.87. The zero-order valence-corrected chi connectivity index (χ0v) is 12.9. The van der Waals surface area contributed by atoms with E-state index in [2.05, 4.69) is 6.92 Å². The zero-order chi connectivity index (χ0) is 15.1. The van der Waals surface area contributed by atoms with Crippen molar-refractivity contribution in [3.8, 4) is 5.75 Å². The minimum Gasteiger partial charge on any atom is -0.493 e. The van der Waals surface area contributed by atoms with Gasteiger partial charge in [-0.3, -0.25) is 0 Å². The summed E-state index contributed by atoms with van der Waals surface area (Å²) in [6.07, 6.45) is 9.26. The summed E-state index contributed by atoms with van der Waals surface area (Å²) in [5.41, 5.74) is 0.304. The normalized spacial score (nSPS) is 22.0. The Bertz CT molecular complexity index is 430. The van der Waals surface area contributed by atoms with Crippen LogP contribution in [-0.2, 0) is 0 Å². The topological polar surface area (TPSA) is 46.5 Å². The molecule has 1 saturated carbocycles. The van der Waals surface area contributed by atoms with E-state index >= 15 is 0 Å². The smallest absolute Gasteiger partial charge is 0.335 e. The fourth-order valence-electron chi connectivity index (χ4n) is 3.09. The van der Waals surface area contributed by atoms with Crippen LogP contribution >= 0.6 is 0 Å². The van der Waals surface area contributed by atoms with Gasteiger partial charge in [-0.1, -0.05) is 39.0 Å².